The van der Waals surface area contributed by atoms with Crippen LogP contribution in [-0.2, 0) is 13.1 Å². The van der Waals surface area contributed by atoms with E-state index in [1.165, 1.54) is 0 Å². The average molecular weight is 601 g/mol. The minimum atomic E-state index is -0.0422. The summed E-state index contributed by atoms with van der Waals surface area (Å²) in [4.78, 5) is 11.6. The molecule has 10 nitrogen and oxygen atoms in total. The van der Waals surface area contributed by atoms with Crippen LogP contribution in [0, 0.1) is 0 Å². The second-order valence-corrected chi connectivity index (χ2v) is 9.78. The lowest BCUT2D eigenvalue weighted by Gasteiger charge is -2.26. The summed E-state index contributed by atoms with van der Waals surface area (Å²) in [6.07, 6.45) is 3.54. The molecule has 0 spiro atoms. The Morgan fingerprint density at radius 1 is 0.897 bits per heavy atom. The van der Waals surface area contributed by atoms with E-state index in [2.05, 4.69) is 37.8 Å². The van der Waals surface area contributed by atoms with Crippen molar-refractivity contribution < 1.29 is 23.7 Å². The Hall–Kier alpha value is -3.73. The van der Waals surface area contributed by atoms with Crippen LogP contribution < -0.4 is 28.6 Å². The summed E-state index contributed by atoms with van der Waals surface area (Å²) in [5, 5.41) is 4.59. The summed E-state index contributed by atoms with van der Waals surface area (Å²) in [6, 6.07) is 11.8. The van der Waals surface area contributed by atoms with Crippen LogP contribution in [-0.4, -0.2) is 54.1 Å². The maximum absolute atomic E-state index is 6.13. The Morgan fingerprint density at radius 2 is 1.49 bits per heavy atom. The second-order valence-electron chi connectivity index (χ2n) is 8.96. The lowest BCUT2D eigenvalue weighted by Crippen LogP contribution is -2.26. The van der Waals surface area contributed by atoms with Gasteiger partial charge in [0.2, 0.25) is 0 Å². The predicted octanol–water partition coefficient (Wildman–Crippen LogP) is 5.70. The first-order chi connectivity index (χ1) is 18.9. The first-order valence-electron chi connectivity index (χ1n) is 12.6. The summed E-state index contributed by atoms with van der Waals surface area (Å²) >= 11 is 3.56. The van der Waals surface area contributed by atoms with Crippen molar-refractivity contribution in [1.82, 2.24) is 19.6 Å². The van der Waals surface area contributed by atoms with Gasteiger partial charge in [0.25, 0.3) is 0 Å². The standard InChI is InChI=1S/C28H34BrN5O5/c1-7-8-18(2)39-28-31-27(26-30-15-25(29)34(26)32-28)33(16-19-9-11-21(35-3)13-23(19)37-5)17-20-10-12-22(36-4)14-24(20)38-6/h9-15,18H,7-8,16-17H2,1-6H3. The highest BCUT2D eigenvalue weighted by molar-refractivity contribution is 9.10. The number of imidazole rings is 1. The van der Waals surface area contributed by atoms with Gasteiger partial charge in [0, 0.05) is 36.3 Å². The average Bonchev–Trinajstić information content (AvgIpc) is 3.32. The zero-order chi connectivity index (χ0) is 27.9. The van der Waals surface area contributed by atoms with Gasteiger partial charge in [-0.25, -0.2) is 4.98 Å². The van der Waals surface area contributed by atoms with Gasteiger partial charge in [-0.3, -0.25) is 0 Å². The molecule has 0 radical (unpaired) electrons. The minimum Gasteiger partial charge on any atom is -0.497 e. The van der Waals surface area contributed by atoms with Gasteiger partial charge in [0.1, 0.15) is 27.6 Å². The molecule has 0 saturated carbocycles. The molecule has 4 rings (SSSR count). The number of halogens is 1. The Balaban J connectivity index is 1.85. The number of rotatable bonds is 13. The molecule has 2 aromatic heterocycles. The van der Waals surface area contributed by atoms with Gasteiger partial charge in [-0.15, -0.1) is 5.10 Å². The second kappa shape index (κ2) is 12.9. The summed E-state index contributed by atoms with van der Waals surface area (Å²) in [7, 11) is 6.55. The zero-order valence-corrected chi connectivity index (χ0v) is 24.7. The molecule has 39 heavy (non-hydrogen) atoms. The van der Waals surface area contributed by atoms with Crippen LogP contribution in [0.2, 0.25) is 0 Å². The molecule has 0 aliphatic carbocycles. The van der Waals surface area contributed by atoms with Crippen molar-refractivity contribution in [3.63, 3.8) is 0 Å². The fraction of sp³-hybridized carbons (Fsp3) is 0.393. The van der Waals surface area contributed by atoms with E-state index in [0.717, 1.165) is 24.0 Å². The molecule has 0 aliphatic rings. The molecule has 208 valence electrons. The van der Waals surface area contributed by atoms with E-state index >= 15 is 0 Å². The van der Waals surface area contributed by atoms with Gasteiger partial charge < -0.3 is 28.6 Å². The lowest BCUT2D eigenvalue weighted by molar-refractivity contribution is 0.189. The third-order valence-electron chi connectivity index (χ3n) is 6.30. The molecule has 1 unspecified atom stereocenters. The topological polar surface area (TPSA) is 92.5 Å². The molecule has 0 saturated heterocycles. The van der Waals surface area contributed by atoms with Crippen LogP contribution in [0.5, 0.6) is 29.0 Å². The summed E-state index contributed by atoms with van der Waals surface area (Å²) in [5.74, 6) is 3.42. The third-order valence-corrected chi connectivity index (χ3v) is 6.84. The van der Waals surface area contributed by atoms with Crippen molar-refractivity contribution in [3.05, 3.63) is 58.3 Å². The first kappa shape index (κ1) is 28.3. The van der Waals surface area contributed by atoms with Gasteiger partial charge in [0.15, 0.2) is 11.5 Å². The Kier molecular flexibility index (Phi) is 9.34. The van der Waals surface area contributed by atoms with E-state index in [1.54, 1.807) is 39.2 Å². The number of methoxy groups -OCH3 is 4. The monoisotopic (exact) mass is 599 g/mol. The van der Waals surface area contributed by atoms with Gasteiger partial charge >= 0.3 is 6.01 Å². The van der Waals surface area contributed by atoms with E-state index in [0.29, 0.717) is 52.2 Å². The molecule has 11 heteroatoms. The van der Waals surface area contributed by atoms with Crippen molar-refractivity contribution >= 4 is 27.4 Å². The van der Waals surface area contributed by atoms with E-state index in [-0.39, 0.29) is 12.1 Å². The summed E-state index contributed by atoms with van der Waals surface area (Å²) in [6.45, 7) is 5.03. The van der Waals surface area contributed by atoms with Crippen LogP contribution in [0.3, 0.4) is 0 Å². The fourth-order valence-electron chi connectivity index (χ4n) is 4.31. The summed E-state index contributed by atoms with van der Waals surface area (Å²) in [5.41, 5.74) is 2.46. The van der Waals surface area contributed by atoms with Crippen LogP contribution in [0.15, 0.2) is 47.2 Å². The molecule has 0 bridgehead atoms. The van der Waals surface area contributed by atoms with E-state index in [4.69, 9.17) is 28.7 Å². The molecule has 0 fully saturated rings. The number of fused-ring (bicyclic) bond motifs is 1. The number of ether oxygens (including phenoxy) is 5. The smallest absolute Gasteiger partial charge is 0.336 e. The van der Waals surface area contributed by atoms with Crippen LogP contribution >= 0.6 is 15.9 Å². The molecule has 0 aliphatic heterocycles. The highest BCUT2D eigenvalue weighted by Crippen LogP contribution is 2.33. The highest BCUT2D eigenvalue weighted by atomic mass is 79.9. The van der Waals surface area contributed by atoms with Crippen LogP contribution in [0.25, 0.3) is 5.65 Å². The number of nitrogens with zero attached hydrogens (tertiary/aromatic N) is 5. The largest absolute Gasteiger partial charge is 0.497 e. The first-order valence-corrected chi connectivity index (χ1v) is 13.4. The molecule has 2 aromatic carbocycles. The van der Waals surface area contributed by atoms with Gasteiger partial charge in [-0.2, -0.15) is 9.50 Å². The maximum Gasteiger partial charge on any atom is 0.336 e. The van der Waals surface area contributed by atoms with Gasteiger partial charge in [-0.1, -0.05) is 13.3 Å². The van der Waals surface area contributed by atoms with Gasteiger partial charge in [-0.05, 0) is 53.5 Å². The quantitative estimate of drug-likeness (QED) is 0.192. The van der Waals surface area contributed by atoms with Crippen molar-refractivity contribution in [2.24, 2.45) is 0 Å². The van der Waals surface area contributed by atoms with Crippen LogP contribution in [0.1, 0.15) is 37.8 Å². The molecule has 2 heterocycles. The number of anilines is 1. The predicted molar refractivity (Wildman–Crippen MR) is 152 cm³/mol. The Morgan fingerprint density at radius 3 is 2.00 bits per heavy atom. The molecular formula is C28H34BrN5O5. The van der Waals surface area contributed by atoms with Gasteiger partial charge in [0.05, 0.1) is 40.7 Å². The molecule has 0 N–H and O–H groups in total. The molecular weight excluding hydrogens is 566 g/mol. The van der Waals surface area contributed by atoms with E-state index in [1.807, 2.05) is 43.3 Å². The van der Waals surface area contributed by atoms with E-state index < -0.39 is 0 Å². The van der Waals surface area contributed by atoms with Crippen molar-refractivity contribution in [3.8, 4) is 29.0 Å². The summed E-state index contributed by atoms with van der Waals surface area (Å²) < 4.78 is 30.7. The van der Waals surface area contributed by atoms with E-state index in [9.17, 15) is 0 Å². The molecule has 0 amide bonds. The SMILES string of the molecule is CCCC(C)Oc1nc(N(Cc2ccc(OC)cc2OC)Cc2ccc(OC)cc2OC)c2ncc(Br)n2n1. The highest BCUT2D eigenvalue weighted by Gasteiger charge is 2.23. The Labute approximate surface area is 237 Å². The Bertz CT molecular complexity index is 1360. The minimum absolute atomic E-state index is 0.0422. The number of hydrogen-bond donors (Lipinski definition) is 0. The normalized spacial score (nSPS) is 11.8. The number of benzene rings is 2. The molecule has 4 aromatic rings. The lowest BCUT2D eigenvalue weighted by atomic mass is 10.1. The fourth-order valence-corrected chi connectivity index (χ4v) is 4.66. The molecule has 1 atom stereocenters. The third kappa shape index (κ3) is 6.47. The van der Waals surface area contributed by atoms with Crippen molar-refractivity contribution in [1.29, 1.82) is 0 Å². The van der Waals surface area contributed by atoms with Crippen molar-refractivity contribution in [2.75, 3.05) is 33.3 Å². The van der Waals surface area contributed by atoms with Crippen LogP contribution in [0.4, 0.5) is 5.82 Å². The number of hydrogen-bond acceptors (Lipinski definition) is 9. The number of aromatic nitrogens is 4. The van der Waals surface area contributed by atoms with Crippen molar-refractivity contribution in [2.45, 2.75) is 45.9 Å². The zero-order valence-electron chi connectivity index (χ0n) is 23.1. The maximum atomic E-state index is 6.13.